The summed E-state index contributed by atoms with van der Waals surface area (Å²) in [6.45, 7) is 2.65. The molecule has 2 atom stereocenters. The number of aliphatic carboxylic acids is 1. The molecule has 1 aliphatic heterocycles. The van der Waals surface area contributed by atoms with Crippen LogP contribution in [0.1, 0.15) is 23.8 Å². The summed E-state index contributed by atoms with van der Waals surface area (Å²) in [6.07, 6.45) is 2.20. The molecule has 2 unspecified atom stereocenters. The van der Waals surface area contributed by atoms with E-state index >= 15 is 0 Å². The molecule has 1 N–H and O–H groups in total. The van der Waals surface area contributed by atoms with Crippen molar-refractivity contribution in [1.29, 1.82) is 0 Å². The first-order valence-electron chi connectivity index (χ1n) is 7.77. The molecule has 6 nitrogen and oxygen atoms in total. The maximum absolute atomic E-state index is 13.0. The molecule has 1 aromatic carbocycles. The number of hydrogen-bond donors (Lipinski definition) is 1. The molecule has 0 spiro atoms. The summed E-state index contributed by atoms with van der Waals surface area (Å²) >= 11 is 0. The molecule has 3 rings (SSSR count). The molecule has 7 heteroatoms. The molecule has 0 radical (unpaired) electrons. The van der Waals surface area contributed by atoms with Crippen molar-refractivity contribution in [3.8, 4) is 5.69 Å². The van der Waals surface area contributed by atoms with Crippen molar-refractivity contribution in [2.45, 2.75) is 13.3 Å². The molecule has 2 aromatic rings. The first kappa shape index (κ1) is 16.2. The van der Waals surface area contributed by atoms with Crippen LogP contribution in [-0.2, 0) is 4.79 Å². The Bertz CT molecular complexity index is 757. The number of amides is 1. The van der Waals surface area contributed by atoms with Crippen molar-refractivity contribution >= 4 is 11.9 Å². The number of piperidine rings is 1. The fourth-order valence-corrected chi connectivity index (χ4v) is 3.03. The first-order valence-corrected chi connectivity index (χ1v) is 7.77. The zero-order valence-electron chi connectivity index (χ0n) is 13.2. The van der Waals surface area contributed by atoms with Crippen LogP contribution in [0, 0.1) is 17.7 Å². The summed E-state index contributed by atoms with van der Waals surface area (Å²) in [5, 5.41) is 13.4. The third kappa shape index (κ3) is 3.29. The number of aromatic nitrogens is 2. The lowest BCUT2D eigenvalue weighted by molar-refractivity contribution is -0.143. The minimum absolute atomic E-state index is 0.128. The van der Waals surface area contributed by atoms with Crippen LogP contribution in [0.5, 0.6) is 0 Å². The highest BCUT2D eigenvalue weighted by Gasteiger charge is 2.32. The summed E-state index contributed by atoms with van der Waals surface area (Å²) in [4.78, 5) is 25.4. The standard InChI is InChI=1S/C17H18FN3O3/c1-11-8-12(17(23)24)10-20(9-11)16(22)15-6-7-21(19-15)14-4-2-13(18)3-5-14/h2-7,11-12H,8-10H2,1H3,(H,23,24). The molecule has 1 aromatic heterocycles. The average Bonchev–Trinajstić information content (AvgIpc) is 3.04. The quantitative estimate of drug-likeness (QED) is 0.935. The molecule has 0 saturated carbocycles. The van der Waals surface area contributed by atoms with Gasteiger partial charge < -0.3 is 10.0 Å². The Kier molecular flexibility index (Phi) is 4.33. The van der Waals surface area contributed by atoms with E-state index in [0.717, 1.165) is 0 Å². The number of carboxylic acid groups (broad SMARTS) is 1. The summed E-state index contributed by atoms with van der Waals surface area (Å²) in [7, 11) is 0. The summed E-state index contributed by atoms with van der Waals surface area (Å²) in [6, 6.07) is 7.37. The van der Waals surface area contributed by atoms with Crippen molar-refractivity contribution in [3.05, 3.63) is 48.0 Å². The van der Waals surface area contributed by atoms with Gasteiger partial charge >= 0.3 is 5.97 Å². The van der Waals surface area contributed by atoms with E-state index < -0.39 is 11.9 Å². The molecule has 1 amide bonds. The summed E-state index contributed by atoms with van der Waals surface area (Å²) in [5.41, 5.74) is 0.892. The maximum atomic E-state index is 13.0. The number of nitrogens with zero attached hydrogens (tertiary/aromatic N) is 3. The van der Waals surface area contributed by atoms with Gasteiger partial charge in [0.2, 0.25) is 0 Å². The Labute approximate surface area is 138 Å². The summed E-state index contributed by atoms with van der Waals surface area (Å²) < 4.78 is 14.5. The lowest BCUT2D eigenvalue weighted by Crippen LogP contribution is -2.45. The van der Waals surface area contributed by atoms with Crippen molar-refractivity contribution < 1.29 is 19.1 Å². The van der Waals surface area contributed by atoms with E-state index in [1.165, 1.54) is 16.8 Å². The van der Waals surface area contributed by atoms with E-state index in [4.69, 9.17) is 0 Å². The second kappa shape index (κ2) is 6.43. The third-order valence-corrected chi connectivity index (χ3v) is 4.20. The van der Waals surface area contributed by atoms with Crippen LogP contribution in [0.15, 0.2) is 36.5 Å². The van der Waals surface area contributed by atoms with Crippen LogP contribution >= 0.6 is 0 Å². The average molecular weight is 331 g/mol. The predicted octanol–water partition coefficient (Wildman–Crippen LogP) is 2.19. The summed E-state index contributed by atoms with van der Waals surface area (Å²) in [5.74, 6) is -1.92. The van der Waals surface area contributed by atoms with E-state index in [-0.39, 0.29) is 29.9 Å². The van der Waals surface area contributed by atoms with Gasteiger partial charge in [0.15, 0.2) is 5.69 Å². The number of carbonyl (C=O) groups is 2. The SMILES string of the molecule is CC1CC(C(=O)O)CN(C(=O)c2ccn(-c3ccc(F)cc3)n2)C1. The Morgan fingerprint density at radius 1 is 1.21 bits per heavy atom. The molecule has 1 saturated heterocycles. The second-order valence-electron chi connectivity index (χ2n) is 6.21. The lowest BCUT2D eigenvalue weighted by atomic mass is 9.90. The van der Waals surface area contributed by atoms with Crippen LogP contribution < -0.4 is 0 Å². The van der Waals surface area contributed by atoms with E-state index in [0.29, 0.717) is 18.7 Å². The van der Waals surface area contributed by atoms with Gasteiger partial charge in [-0.05, 0) is 42.7 Å². The van der Waals surface area contributed by atoms with Gasteiger partial charge in [0, 0.05) is 19.3 Å². The Morgan fingerprint density at radius 3 is 2.58 bits per heavy atom. The predicted molar refractivity (Wildman–Crippen MR) is 84.3 cm³/mol. The monoisotopic (exact) mass is 331 g/mol. The zero-order valence-corrected chi connectivity index (χ0v) is 13.2. The molecule has 1 aliphatic rings. The van der Waals surface area contributed by atoms with Crippen LogP contribution in [0.4, 0.5) is 4.39 Å². The number of rotatable bonds is 3. The Hall–Kier alpha value is -2.70. The van der Waals surface area contributed by atoms with Crippen molar-refractivity contribution in [2.75, 3.05) is 13.1 Å². The highest BCUT2D eigenvalue weighted by Crippen LogP contribution is 2.23. The number of benzene rings is 1. The number of carbonyl (C=O) groups excluding carboxylic acids is 1. The minimum Gasteiger partial charge on any atom is -0.481 e. The van der Waals surface area contributed by atoms with Gasteiger partial charge in [0.05, 0.1) is 11.6 Å². The zero-order chi connectivity index (χ0) is 17.3. The molecule has 1 fully saturated rings. The van der Waals surface area contributed by atoms with E-state index in [1.54, 1.807) is 29.3 Å². The van der Waals surface area contributed by atoms with Gasteiger partial charge in [-0.15, -0.1) is 0 Å². The van der Waals surface area contributed by atoms with E-state index in [2.05, 4.69) is 5.10 Å². The van der Waals surface area contributed by atoms with Crippen LogP contribution in [0.25, 0.3) is 5.69 Å². The van der Waals surface area contributed by atoms with Crippen LogP contribution in [0.2, 0.25) is 0 Å². The number of carboxylic acids is 1. The maximum Gasteiger partial charge on any atom is 0.308 e. The van der Waals surface area contributed by atoms with Crippen molar-refractivity contribution in [3.63, 3.8) is 0 Å². The van der Waals surface area contributed by atoms with Crippen LogP contribution in [0.3, 0.4) is 0 Å². The number of halogens is 1. The van der Waals surface area contributed by atoms with Crippen molar-refractivity contribution in [2.24, 2.45) is 11.8 Å². The van der Waals surface area contributed by atoms with Crippen LogP contribution in [-0.4, -0.2) is 44.8 Å². The Balaban J connectivity index is 1.78. The first-order chi connectivity index (χ1) is 11.4. The molecule has 0 aliphatic carbocycles. The molecule has 126 valence electrons. The lowest BCUT2D eigenvalue weighted by Gasteiger charge is -2.34. The number of hydrogen-bond acceptors (Lipinski definition) is 3. The van der Waals surface area contributed by atoms with Gasteiger partial charge in [-0.1, -0.05) is 6.92 Å². The van der Waals surface area contributed by atoms with Gasteiger partial charge in [0.25, 0.3) is 5.91 Å². The fraction of sp³-hybridized carbons (Fsp3) is 0.353. The Morgan fingerprint density at radius 2 is 1.92 bits per heavy atom. The molecule has 0 bridgehead atoms. The minimum atomic E-state index is -0.879. The smallest absolute Gasteiger partial charge is 0.308 e. The molecular weight excluding hydrogens is 313 g/mol. The third-order valence-electron chi connectivity index (χ3n) is 4.20. The molecular formula is C17H18FN3O3. The van der Waals surface area contributed by atoms with Gasteiger partial charge in [-0.25, -0.2) is 9.07 Å². The fourth-order valence-electron chi connectivity index (χ4n) is 3.03. The van der Waals surface area contributed by atoms with E-state index in [9.17, 15) is 19.1 Å². The molecule has 2 heterocycles. The van der Waals surface area contributed by atoms with Gasteiger partial charge in [-0.3, -0.25) is 9.59 Å². The van der Waals surface area contributed by atoms with Gasteiger partial charge in [0.1, 0.15) is 5.82 Å². The van der Waals surface area contributed by atoms with Gasteiger partial charge in [-0.2, -0.15) is 5.10 Å². The van der Waals surface area contributed by atoms with Crippen molar-refractivity contribution in [1.82, 2.24) is 14.7 Å². The largest absolute Gasteiger partial charge is 0.481 e. The highest BCUT2D eigenvalue weighted by atomic mass is 19.1. The normalized spacial score (nSPS) is 20.8. The second-order valence-corrected chi connectivity index (χ2v) is 6.21. The molecule has 24 heavy (non-hydrogen) atoms. The van der Waals surface area contributed by atoms with E-state index in [1.807, 2.05) is 6.92 Å². The highest BCUT2D eigenvalue weighted by molar-refractivity contribution is 5.92. The number of likely N-dealkylation sites (tertiary alicyclic amines) is 1. The topological polar surface area (TPSA) is 75.4 Å².